The smallest absolute Gasteiger partial charge is 0.0326 e. The molecule has 107 valence electrons. The van der Waals surface area contributed by atoms with Crippen LogP contribution in [0.2, 0.25) is 0 Å². The Morgan fingerprint density at radius 1 is 0.611 bits per heavy atom. The summed E-state index contributed by atoms with van der Waals surface area (Å²) in [6, 6.07) is 0. The molecule has 0 saturated heterocycles. The minimum absolute atomic E-state index is 1.12. The molecule has 0 aromatic carbocycles. The minimum atomic E-state index is 1.12. The molecule has 0 nitrogen and oxygen atoms in total. The van der Waals surface area contributed by atoms with Crippen molar-refractivity contribution in [3.63, 3.8) is 0 Å². The molecule has 0 heterocycles. The molecule has 0 heteroatoms. The second-order valence-corrected chi connectivity index (χ2v) is 5.80. The number of unbranched alkanes of at least 4 members (excludes halogenated alkanes) is 12. The van der Waals surface area contributed by atoms with Crippen LogP contribution in [0.25, 0.3) is 0 Å². The van der Waals surface area contributed by atoms with Gasteiger partial charge in [-0.25, -0.2) is 0 Å². The first-order valence-electron chi connectivity index (χ1n) is 8.21. The van der Waals surface area contributed by atoms with Crippen molar-refractivity contribution in [2.24, 2.45) is 0 Å². The summed E-state index contributed by atoms with van der Waals surface area (Å²) in [4.78, 5) is 0. The summed E-state index contributed by atoms with van der Waals surface area (Å²) in [5, 5.41) is 0. The predicted octanol–water partition coefficient (Wildman–Crippen LogP) is 6.86. The van der Waals surface area contributed by atoms with Crippen LogP contribution >= 0.6 is 0 Å². The van der Waals surface area contributed by atoms with Crippen molar-refractivity contribution in [1.29, 1.82) is 0 Å². The lowest BCUT2D eigenvalue weighted by Gasteiger charge is -2.03. The van der Waals surface area contributed by atoms with Crippen molar-refractivity contribution in [2.45, 2.75) is 96.8 Å². The van der Waals surface area contributed by atoms with E-state index in [1.54, 1.807) is 0 Å². The highest BCUT2D eigenvalue weighted by molar-refractivity contribution is 4.86. The topological polar surface area (TPSA) is 0 Å². The van der Waals surface area contributed by atoms with E-state index >= 15 is 0 Å². The fourth-order valence-corrected chi connectivity index (χ4v) is 2.37. The average Bonchev–Trinajstić information content (AvgIpc) is 2.34. The van der Waals surface area contributed by atoms with Gasteiger partial charge in [-0.1, -0.05) is 89.5 Å². The number of hydrogen-bond donors (Lipinski definition) is 0. The van der Waals surface area contributed by atoms with E-state index in [4.69, 9.17) is 0 Å². The maximum Gasteiger partial charge on any atom is -0.0326 e. The molecule has 0 spiro atoms. The van der Waals surface area contributed by atoms with Gasteiger partial charge in [-0.3, -0.25) is 0 Å². The quantitative estimate of drug-likeness (QED) is 0.234. The largest absolute Gasteiger partial charge is 0.100 e. The molecule has 18 heavy (non-hydrogen) atoms. The van der Waals surface area contributed by atoms with E-state index in [0.717, 1.165) is 6.42 Å². The van der Waals surface area contributed by atoms with Crippen LogP contribution in [0, 0.1) is 6.92 Å². The Kier molecular flexibility index (Phi) is 14.6. The standard InChI is InChI=1S/C18H35/c1-4-5-6-7-8-9-10-11-12-13-14-15-16-17-18(2)3/h1-2,4-17H2,3H3. The lowest BCUT2D eigenvalue weighted by molar-refractivity contribution is 0.541. The molecule has 0 bridgehead atoms. The SMILES string of the molecule is [CH2]CCCCCCCCCCCCCCC(=C)C. The van der Waals surface area contributed by atoms with E-state index in [0.29, 0.717) is 0 Å². The Bertz CT molecular complexity index is 169. The third-order valence-corrected chi connectivity index (χ3v) is 3.60. The van der Waals surface area contributed by atoms with Crippen molar-refractivity contribution in [3.05, 3.63) is 19.1 Å². The van der Waals surface area contributed by atoms with Crippen LogP contribution in [-0.2, 0) is 0 Å². The zero-order valence-electron chi connectivity index (χ0n) is 12.8. The molecule has 0 N–H and O–H groups in total. The van der Waals surface area contributed by atoms with Crippen molar-refractivity contribution < 1.29 is 0 Å². The van der Waals surface area contributed by atoms with E-state index < -0.39 is 0 Å². The Morgan fingerprint density at radius 2 is 0.944 bits per heavy atom. The third-order valence-electron chi connectivity index (χ3n) is 3.60. The van der Waals surface area contributed by atoms with Gasteiger partial charge in [0.1, 0.15) is 0 Å². The molecule has 0 amide bonds. The second kappa shape index (κ2) is 14.8. The zero-order chi connectivity index (χ0) is 13.5. The van der Waals surface area contributed by atoms with Gasteiger partial charge in [-0.15, -0.1) is 6.58 Å². The second-order valence-electron chi connectivity index (χ2n) is 5.80. The van der Waals surface area contributed by atoms with Gasteiger partial charge in [-0.2, -0.15) is 0 Å². The van der Waals surface area contributed by atoms with Gasteiger partial charge >= 0.3 is 0 Å². The molecule has 0 aliphatic heterocycles. The number of allylic oxidation sites excluding steroid dienone is 1. The van der Waals surface area contributed by atoms with Crippen LogP contribution in [0.4, 0.5) is 0 Å². The van der Waals surface area contributed by atoms with Crippen LogP contribution in [0.1, 0.15) is 96.8 Å². The molecule has 0 rings (SSSR count). The van der Waals surface area contributed by atoms with E-state index in [-0.39, 0.29) is 0 Å². The molecule has 0 saturated carbocycles. The van der Waals surface area contributed by atoms with Crippen molar-refractivity contribution >= 4 is 0 Å². The van der Waals surface area contributed by atoms with Gasteiger partial charge in [0, 0.05) is 0 Å². The fraction of sp³-hybridized carbons (Fsp3) is 0.833. The molecule has 0 unspecified atom stereocenters. The molecular formula is C18H35. The van der Waals surface area contributed by atoms with Crippen LogP contribution in [0.15, 0.2) is 12.2 Å². The van der Waals surface area contributed by atoms with Crippen molar-refractivity contribution in [1.82, 2.24) is 0 Å². The zero-order valence-corrected chi connectivity index (χ0v) is 12.8. The highest BCUT2D eigenvalue weighted by atomic mass is 14.0. The van der Waals surface area contributed by atoms with Crippen LogP contribution in [-0.4, -0.2) is 0 Å². The van der Waals surface area contributed by atoms with Gasteiger partial charge in [-0.05, 0) is 19.8 Å². The average molecular weight is 251 g/mol. The highest BCUT2D eigenvalue weighted by Gasteiger charge is 1.93. The van der Waals surface area contributed by atoms with Gasteiger partial charge < -0.3 is 0 Å². The summed E-state index contributed by atoms with van der Waals surface area (Å²) in [7, 11) is 0. The predicted molar refractivity (Wildman–Crippen MR) is 84.8 cm³/mol. The highest BCUT2D eigenvalue weighted by Crippen LogP contribution is 2.13. The Balaban J connectivity index is 2.92. The molecule has 0 aliphatic rings. The molecule has 0 fully saturated rings. The van der Waals surface area contributed by atoms with E-state index in [2.05, 4.69) is 20.4 Å². The maximum absolute atomic E-state index is 3.95. The van der Waals surface area contributed by atoms with Crippen molar-refractivity contribution in [3.8, 4) is 0 Å². The first kappa shape index (κ1) is 17.7. The molecule has 0 aliphatic carbocycles. The summed E-state index contributed by atoms with van der Waals surface area (Å²) in [5.41, 5.74) is 1.34. The Hall–Kier alpha value is -0.260. The monoisotopic (exact) mass is 251 g/mol. The summed E-state index contributed by atoms with van der Waals surface area (Å²) >= 11 is 0. The minimum Gasteiger partial charge on any atom is -0.100 e. The van der Waals surface area contributed by atoms with Gasteiger partial charge in [0.15, 0.2) is 0 Å². The van der Waals surface area contributed by atoms with Crippen LogP contribution in [0.3, 0.4) is 0 Å². The molecular weight excluding hydrogens is 216 g/mol. The Labute approximate surface area is 116 Å². The molecule has 1 radical (unpaired) electrons. The number of rotatable bonds is 14. The van der Waals surface area contributed by atoms with Gasteiger partial charge in [0.05, 0.1) is 0 Å². The Morgan fingerprint density at radius 3 is 1.28 bits per heavy atom. The first-order chi connectivity index (χ1) is 8.77. The fourth-order valence-electron chi connectivity index (χ4n) is 2.37. The van der Waals surface area contributed by atoms with E-state index in [1.165, 1.54) is 89.0 Å². The first-order valence-corrected chi connectivity index (χ1v) is 8.21. The lowest BCUT2D eigenvalue weighted by atomic mass is 10.0. The summed E-state index contributed by atoms with van der Waals surface area (Å²) in [6.45, 7) is 9.96. The van der Waals surface area contributed by atoms with Gasteiger partial charge in [0.25, 0.3) is 0 Å². The summed E-state index contributed by atoms with van der Waals surface area (Å²) < 4.78 is 0. The van der Waals surface area contributed by atoms with E-state index in [1.807, 2.05) is 0 Å². The number of hydrogen-bond acceptors (Lipinski definition) is 0. The molecule has 0 aromatic heterocycles. The third kappa shape index (κ3) is 15.7. The molecule has 0 aromatic rings. The van der Waals surface area contributed by atoms with Crippen LogP contribution in [0.5, 0.6) is 0 Å². The van der Waals surface area contributed by atoms with E-state index in [9.17, 15) is 0 Å². The molecule has 0 atom stereocenters. The summed E-state index contributed by atoms with van der Waals surface area (Å²) in [5.74, 6) is 0. The van der Waals surface area contributed by atoms with Crippen molar-refractivity contribution in [2.75, 3.05) is 0 Å². The maximum atomic E-state index is 3.95. The normalized spacial score (nSPS) is 10.8. The van der Waals surface area contributed by atoms with Crippen LogP contribution < -0.4 is 0 Å². The lowest BCUT2D eigenvalue weighted by Crippen LogP contribution is -1.83. The van der Waals surface area contributed by atoms with Gasteiger partial charge in [0.2, 0.25) is 0 Å². The summed E-state index contributed by atoms with van der Waals surface area (Å²) in [6.07, 6.45) is 19.4.